The number of aromatic nitrogens is 1. The molecule has 1 aromatic carbocycles. The summed E-state index contributed by atoms with van der Waals surface area (Å²) in [6, 6.07) is 7.30. The van der Waals surface area contributed by atoms with Crippen molar-refractivity contribution in [1.82, 2.24) is 0 Å². The Labute approximate surface area is 150 Å². The normalized spacial score (nSPS) is 10.4. The van der Waals surface area contributed by atoms with Crippen molar-refractivity contribution in [2.75, 3.05) is 14.2 Å². The first kappa shape index (κ1) is 20.0. The molecule has 5 nitrogen and oxygen atoms in total. The van der Waals surface area contributed by atoms with Crippen molar-refractivity contribution in [2.24, 2.45) is 7.05 Å². The van der Waals surface area contributed by atoms with Crippen LogP contribution in [-0.4, -0.2) is 26.2 Å². The zero-order valence-electron chi connectivity index (χ0n) is 12.4. The van der Waals surface area contributed by atoms with Gasteiger partial charge in [0, 0.05) is 10.8 Å². The van der Waals surface area contributed by atoms with Crippen molar-refractivity contribution in [1.29, 1.82) is 0 Å². The van der Waals surface area contributed by atoms with E-state index < -0.39 is 23.1 Å². The Morgan fingerprint density at radius 2 is 1.57 bits per heavy atom. The number of carbonyl (C=O) groups excluding carboxylic acids is 2. The molecule has 131 valence electrons. The monoisotopic (exact) mass is 428 g/mol. The Morgan fingerprint density at radius 3 is 2.09 bits per heavy atom. The van der Waals surface area contributed by atoms with Crippen molar-refractivity contribution in [3.8, 4) is 0 Å². The van der Waals surface area contributed by atoms with Crippen LogP contribution in [0.4, 0.5) is 0 Å². The summed E-state index contributed by atoms with van der Waals surface area (Å²) in [4.78, 5) is 23.8. The zero-order valence-corrected chi connectivity index (χ0v) is 15.6. The van der Waals surface area contributed by atoms with Gasteiger partial charge in [-0.1, -0.05) is 18.2 Å². The van der Waals surface area contributed by atoms with E-state index in [1.165, 1.54) is 14.2 Å². The van der Waals surface area contributed by atoms with E-state index in [0.717, 1.165) is 5.39 Å². The van der Waals surface area contributed by atoms with Gasteiger partial charge in [0.25, 0.3) is 0 Å². The van der Waals surface area contributed by atoms with Gasteiger partial charge in [-0.2, -0.15) is 4.57 Å². The average molecular weight is 430 g/mol. The molecule has 0 atom stereocenters. The fourth-order valence-corrected chi connectivity index (χ4v) is 2.07. The molecule has 0 N–H and O–H groups in total. The predicted octanol–water partition coefficient (Wildman–Crippen LogP) is 3.30. The summed E-state index contributed by atoms with van der Waals surface area (Å²) in [6.45, 7) is 0. The van der Waals surface area contributed by atoms with E-state index in [9.17, 15) is 9.59 Å². The first-order valence-corrected chi connectivity index (χ1v) is 9.91. The Hall–Kier alpha value is -1.04. The number of benzene rings is 1. The van der Waals surface area contributed by atoms with Crippen LogP contribution < -0.4 is 4.57 Å². The minimum atomic E-state index is -0.896. The third-order valence-corrected chi connectivity index (χ3v) is 2.92. The minimum absolute atomic E-state index is 0.174. The summed E-state index contributed by atoms with van der Waals surface area (Å²) >= 11 is -0.896. The van der Waals surface area contributed by atoms with Crippen molar-refractivity contribution >= 4 is 53.0 Å². The van der Waals surface area contributed by atoms with Crippen molar-refractivity contribution in [3.05, 3.63) is 41.7 Å². The molecule has 1 aromatic heterocycles. The van der Waals surface area contributed by atoms with E-state index in [2.05, 4.69) is 0 Å². The maximum absolute atomic E-state index is 12.0. The molecular formula is C14H14Cl3CuNO4. The van der Waals surface area contributed by atoms with Crippen molar-refractivity contribution < 1.29 is 34.8 Å². The molecule has 9 heteroatoms. The molecule has 0 aliphatic carbocycles. The van der Waals surface area contributed by atoms with Gasteiger partial charge in [-0.3, -0.25) is 0 Å². The van der Waals surface area contributed by atoms with Gasteiger partial charge in [0.05, 0.1) is 14.2 Å². The van der Waals surface area contributed by atoms with Crippen LogP contribution in [0.2, 0.25) is 0 Å². The molecule has 2 aromatic rings. The zero-order chi connectivity index (χ0) is 17.6. The molecule has 0 saturated carbocycles. The van der Waals surface area contributed by atoms with Crippen LogP contribution in [0.25, 0.3) is 10.8 Å². The second kappa shape index (κ2) is 9.30. The molecule has 0 aliphatic rings. The molecular weight excluding hydrogens is 416 g/mol. The summed E-state index contributed by atoms with van der Waals surface area (Å²) in [5, 5.41) is 1.51. The second-order valence-corrected chi connectivity index (χ2v) is 8.83. The molecule has 0 fully saturated rings. The van der Waals surface area contributed by atoms with Gasteiger partial charge in [-0.25, -0.2) is 9.59 Å². The Balaban J connectivity index is 0.000000593. The fraction of sp³-hybridized carbons (Fsp3) is 0.214. The van der Waals surface area contributed by atoms with E-state index in [-0.39, 0.29) is 11.3 Å². The molecule has 0 aliphatic heterocycles. The molecule has 0 amide bonds. The number of hydrogen-bond donors (Lipinski definition) is 0. The van der Waals surface area contributed by atoms with Crippen LogP contribution in [0.15, 0.2) is 30.5 Å². The SMILES string of the molecule is COC(=O)c1c(C(=O)OC)[n+](C)cc2ccccc12.[Cl][Cu-]([Cl])[Cl]. The third-order valence-electron chi connectivity index (χ3n) is 2.92. The van der Waals surface area contributed by atoms with Gasteiger partial charge >= 0.3 is 59.1 Å². The fourth-order valence-electron chi connectivity index (χ4n) is 2.07. The third kappa shape index (κ3) is 5.23. The number of fused-ring (bicyclic) bond motifs is 1. The molecule has 0 bridgehead atoms. The van der Waals surface area contributed by atoms with E-state index in [1.807, 2.05) is 12.1 Å². The molecule has 23 heavy (non-hydrogen) atoms. The Morgan fingerprint density at radius 1 is 1.04 bits per heavy atom. The van der Waals surface area contributed by atoms with Crippen molar-refractivity contribution in [2.45, 2.75) is 0 Å². The Kier molecular flexibility index (Phi) is 8.09. The van der Waals surface area contributed by atoms with Crippen LogP contribution in [0.3, 0.4) is 0 Å². The topological polar surface area (TPSA) is 56.5 Å². The standard InChI is InChI=1S/C14H14NO4.3ClH.Cu/c1-15-8-9-6-4-5-7-10(9)11(13(16)18-2)12(15)14(17)19-3;;;;/h4-8H,1-3H3;3*1H;/q+1;;;;+2/p-3. The first-order valence-electron chi connectivity index (χ1n) is 6.02. The number of halogens is 3. The summed E-state index contributed by atoms with van der Waals surface area (Å²) in [7, 11) is 18.7. The first-order chi connectivity index (χ1) is 10.8. The number of rotatable bonds is 2. The number of esters is 2. The number of nitrogens with zero attached hydrogens (tertiary/aromatic N) is 1. The maximum atomic E-state index is 12.0. The number of aryl methyl sites for hydroxylation is 1. The predicted molar refractivity (Wildman–Crippen MR) is 85.4 cm³/mol. The van der Waals surface area contributed by atoms with E-state index >= 15 is 0 Å². The molecule has 2 rings (SSSR count). The number of pyridine rings is 1. The van der Waals surface area contributed by atoms with Crippen LogP contribution in [0, 0.1) is 0 Å². The number of carbonyl (C=O) groups is 2. The molecule has 0 radical (unpaired) electrons. The van der Waals surface area contributed by atoms with Crippen LogP contribution in [-0.2, 0) is 27.7 Å². The summed E-state index contributed by atoms with van der Waals surface area (Å²) < 4.78 is 11.1. The van der Waals surface area contributed by atoms with Crippen molar-refractivity contribution in [3.63, 3.8) is 0 Å². The second-order valence-electron chi connectivity index (χ2n) is 4.16. The van der Waals surface area contributed by atoms with Gasteiger partial charge in [0.2, 0.25) is 0 Å². The van der Waals surface area contributed by atoms with E-state index in [1.54, 1.807) is 29.9 Å². The Bertz CT molecular complexity index is 722. The molecule has 0 spiro atoms. The van der Waals surface area contributed by atoms with Gasteiger partial charge in [0.15, 0.2) is 6.20 Å². The van der Waals surface area contributed by atoms with Crippen LogP contribution in [0.5, 0.6) is 0 Å². The molecule has 0 saturated heterocycles. The van der Waals surface area contributed by atoms with Gasteiger partial charge in [-0.15, -0.1) is 0 Å². The molecule has 1 heterocycles. The summed E-state index contributed by atoms with van der Waals surface area (Å²) in [5.74, 6) is -1.14. The quantitative estimate of drug-likeness (QED) is 0.417. The van der Waals surface area contributed by atoms with E-state index in [4.69, 9.17) is 39.8 Å². The van der Waals surface area contributed by atoms with Gasteiger partial charge in [0.1, 0.15) is 12.6 Å². The number of hydrogen-bond acceptors (Lipinski definition) is 4. The van der Waals surface area contributed by atoms with Crippen LogP contribution >= 0.6 is 30.3 Å². The summed E-state index contributed by atoms with van der Waals surface area (Å²) in [5.41, 5.74) is 0.392. The number of ether oxygens (including phenoxy) is 2. The van der Waals surface area contributed by atoms with E-state index in [0.29, 0.717) is 5.39 Å². The summed E-state index contributed by atoms with van der Waals surface area (Å²) in [6.07, 6.45) is 1.77. The van der Waals surface area contributed by atoms with Crippen LogP contribution in [0.1, 0.15) is 20.8 Å². The molecule has 0 unspecified atom stereocenters. The number of methoxy groups -OCH3 is 2. The van der Waals surface area contributed by atoms with Gasteiger partial charge < -0.3 is 9.47 Å². The average Bonchev–Trinajstić information content (AvgIpc) is 2.51. The van der Waals surface area contributed by atoms with Gasteiger partial charge in [-0.05, 0) is 6.07 Å².